The van der Waals surface area contributed by atoms with E-state index in [4.69, 9.17) is 16.3 Å². The molecule has 2 rings (SSSR count). The first-order valence-corrected chi connectivity index (χ1v) is 6.97. The van der Waals surface area contributed by atoms with Crippen molar-refractivity contribution in [3.05, 3.63) is 58.6 Å². The Labute approximate surface area is 136 Å². The number of rotatable bonds is 4. The van der Waals surface area contributed by atoms with Crippen LogP contribution in [0.1, 0.15) is 11.1 Å². The smallest absolute Gasteiger partial charge is 0.416 e. The van der Waals surface area contributed by atoms with Crippen LogP contribution in [0.15, 0.2) is 42.5 Å². The van der Waals surface area contributed by atoms with E-state index in [1.807, 2.05) is 0 Å². The number of alkyl halides is 3. The van der Waals surface area contributed by atoms with Crippen LogP contribution in [0.3, 0.4) is 0 Å². The molecule has 0 aliphatic heterocycles. The van der Waals surface area contributed by atoms with Crippen LogP contribution < -0.4 is 10.1 Å². The summed E-state index contributed by atoms with van der Waals surface area (Å²) in [5.41, 5.74) is 0.0976. The van der Waals surface area contributed by atoms with E-state index in [0.717, 1.165) is 12.1 Å². The second-order valence-corrected chi connectivity index (χ2v) is 5.19. The summed E-state index contributed by atoms with van der Waals surface area (Å²) in [4.78, 5) is 12.0. The monoisotopic (exact) mass is 343 g/mol. The topological polar surface area (TPSA) is 38.3 Å². The fourth-order valence-corrected chi connectivity index (χ4v) is 2.20. The van der Waals surface area contributed by atoms with Crippen molar-refractivity contribution < 1.29 is 22.7 Å². The molecule has 0 spiro atoms. The number of benzene rings is 2. The molecule has 0 radical (unpaired) electrons. The van der Waals surface area contributed by atoms with Gasteiger partial charge in [0.15, 0.2) is 0 Å². The first kappa shape index (κ1) is 17.1. The molecule has 7 heteroatoms. The van der Waals surface area contributed by atoms with Crippen molar-refractivity contribution in [2.75, 3.05) is 12.4 Å². The molecule has 0 aliphatic rings. The maximum atomic E-state index is 12.5. The van der Waals surface area contributed by atoms with Crippen LogP contribution >= 0.6 is 11.6 Å². The predicted octanol–water partition coefficient (Wildman–Crippen LogP) is 4.55. The molecule has 0 atom stereocenters. The van der Waals surface area contributed by atoms with Crippen LogP contribution in [-0.2, 0) is 17.4 Å². The minimum absolute atomic E-state index is 0.00917. The molecule has 1 N–H and O–H groups in total. The number of hydrogen-bond acceptors (Lipinski definition) is 2. The molecule has 0 aliphatic carbocycles. The highest BCUT2D eigenvalue weighted by molar-refractivity contribution is 6.30. The van der Waals surface area contributed by atoms with E-state index in [-0.39, 0.29) is 18.0 Å². The van der Waals surface area contributed by atoms with E-state index >= 15 is 0 Å². The highest BCUT2D eigenvalue weighted by atomic mass is 35.5. The number of hydrogen-bond donors (Lipinski definition) is 1. The molecule has 122 valence electrons. The Balaban J connectivity index is 2.07. The highest BCUT2D eigenvalue weighted by Crippen LogP contribution is 2.30. The number of carbonyl (C=O) groups excluding carboxylic acids is 1. The molecule has 0 saturated carbocycles. The second kappa shape index (κ2) is 6.91. The van der Waals surface area contributed by atoms with Gasteiger partial charge in [0.2, 0.25) is 5.91 Å². The van der Waals surface area contributed by atoms with Gasteiger partial charge in [-0.1, -0.05) is 11.6 Å². The molecule has 1 amide bonds. The van der Waals surface area contributed by atoms with Crippen LogP contribution in [0.4, 0.5) is 18.9 Å². The summed E-state index contributed by atoms with van der Waals surface area (Å²) in [6, 6.07) is 9.12. The molecule has 0 bridgehead atoms. The quantitative estimate of drug-likeness (QED) is 0.884. The lowest BCUT2D eigenvalue weighted by Gasteiger charge is -2.11. The van der Waals surface area contributed by atoms with Gasteiger partial charge < -0.3 is 10.1 Å². The zero-order valence-electron chi connectivity index (χ0n) is 12.1. The lowest BCUT2D eigenvalue weighted by Crippen LogP contribution is -2.15. The maximum absolute atomic E-state index is 12.5. The highest BCUT2D eigenvalue weighted by Gasteiger charge is 2.29. The Morgan fingerprint density at radius 3 is 2.39 bits per heavy atom. The Kier molecular flexibility index (Phi) is 5.15. The number of ether oxygens (including phenoxy) is 1. The van der Waals surface area contributed by atoms with Crippen LogP contribution in [-0.4, -0.2) is 13.0 Å². The molecule has 0 heterocycles. The summed E-state index contributed by atoms with van der Waals surface area (Å²) in [7, 11) is 1.47. The number of amides is 1. The lowest BCUT2D eigenvalue weighted by atomic mass is 10.1. The Morgan fingerprint density at radius 1 is 1.17 bits per heavy atom. The number of methoxy groups -OCH3 is 1. The van der Waals surface area contributed by atoms with Crippen LogP contribution in [0, 0.1) is 0 Å². The maximum Gasteiger partial charge on any atom is 0.416 e. The number of carbonyl (C=O) groups is 1. The minimum atomic E-state index is -4.41. The number of halogens is 4. The summed E-state index contributed by atoms with van der Waals surface area (Å²) in [5.74, 6) is 0.127. The van der Waals surface area contributed by atoms with E-state index in [1.165, 1.54) is 19.2 Å². The van der Waals surface area contributed by atoms with Crippen LogP contribution in [0.5, 0.6) is 5.75 Å². The Hall–Kier alpha value is -2.21. The molecule has 3 nitrogen and oxygen atoms in total. The van der Waals surface area contributed by atoms with Gasteiger partial charge in [0.05, 0.1) is 19.1 Å². The fraction of sp³-hybridized carbons (Fsp3) is 0.188. The summed E-state index contributed by atoms with van der Waals surface area (Å²) in [5, 5.41) is 3.00. The van der Waals surface area contributed by atoms with Gasteiger partial charge in [-0.15, -0.1) is 0 Å². The zero-order valence-corrected chi connectivity index (χ0v) is 12.8. The summed E-state index contributed by atoms with van der Waals surface area (Å²) in [6.45, 7) is 0. The molecule has 0 saturated heterocycles. The zero-order chi connectivity index (χ0) is 17.0. The first-order chi connectivity index (χ1) is 10.8. The van der Waals surface area contributed by atoms with Crippen molar-refractivity contribution in [3.63, 3.8) is 0 Å². The Bertz CT molecular complexity index is 699. The van der Waals surface area contributed by atoms with E-state index in [2.05, 4.69) is 5.32 Å². The van der Waals surface area contributed by atoms with Gasteiger partial charge in [-0.2, -0.15) is 13.2 Å². The van der Waals surface area contributed by atoms with Gasteiger partial charge in [0.1, 0.15) is 5.75 Å². The lowest BCUT2D eigenvalue weighted by molar-refractivity contribution is -0.137. The number of nitrogens with one attached hydrogen (secondary N) is 1. The molecule has 0 unspecified atom stereocenters. The normalized spacial score (nSPS) is 11.2. The van der Waals surface area contributed by atoms with Gasteiger partial charge in [0.25, 0.3) is 0 Å². The molecule has 23 heavy (non-hydrogen) atoms. The van der Waals surface area contributed by atoms with Crippen molar-refractivity contribution >= 4 is 23.2 Å². The van der Waals surface area contributed by atoms with Crippen molar-refractivity contribution in [1.82, 2.24) is 0 Å². The minimum Gasteiger partial charge on any atom is -0.496 e. The largest absolute Gasteiger partial charge is 0.496 e. The van der Waals surface area contributed by atoms with Gasteiger partial charge >= 0.3 is 6.18 Å². The van der Waals surface area contributed by atoms with Gasteiger partial charge in [0, 0.05) is 16.3 Å². The standard InChI is InChI=1S/C16H13ClF3NO2/c1-23-14-7-4-12(17)8-10(14)9-15(22)21-13-5-2-11(3-6-13)16(18,19)20/h2-8H,9H2,1H3,(H,21,22). The molecular weight excluding hydrogens is 331 g/mol. The van der Waals surface area contributed by atoms with Crippen molar-refractivity contribution in [2.24, 2.45) is 0 Å². The van der Waals surface area contributed by atoms with Gasteiger partial charge in [-0.3, -0.25) is 4.79 Å². The van der Waals surface area contributed by atoms with E-state index in [1.54, 1.807) is 18.2 Å². The van der Waals surface area contributed by atoms with Crippen molar-refractivity contribution in [2.45, 2.75) is 12.6 Å². The average molecular weight is 344 g/mol. The van der Waals surface area contributed by atoms with Crippen molar-refractivity contribution in [3.8, 4) is 5.75 Å². The van der Waals surface area contributed by atoms with E-state index < -0.39 is 11.7 Å². The number of anilines is 1. The third-order valence-electron chi connectivity index (χ3n) is 3.09. The fourth-order valence-electron chi connectivity index (χ4n) is 2.01. The van der Waals surface area contributed by atoms with Gasteiger partial charge in [-0.25, -0.2) is 0 Å². The molecule has 0 aromatic heterocycles. The summed E-state index contributed by atoms with van der Waals surface area (Å²) in [6.07, 6.45) is -4.42. The predicted molar refractivity (Wildman–Crippen MR) is 81.8 cm³/mol. The molecule has 0 fully saturated rings. The van der Waals surface area contributed by atoms with E-state index in [9.17, 15) is 18.0 Å². The molecular formula is C16H13ClF3NO2. The van der Waals surface area contributed by atoms with Crippen LogP contribution in [0.25, 0.3) is 0 Å². The van der Waals surface area contributed by atoms with Crippen LogP contribution in [0.2, 0.25) is 5.02 Å². The second-order valence-electron chi connectivity index (χ2n) is 4.76. The van der Waals surface area contributed by atoms with E-state index in [0.29, 0.717) is 16.3 Å². The molecule has 2 aromatic carbocycles. The molecule has 2 aromatic rings. The SMILES string of the molecule is COc1ccc(Cl)cc1CC(=O)Nc1ccc(C(F)(F)F)cc1. The first-order valence-electron chi connectivity index (χ1n) is 6.59. The van der Waals surface area contributed by atoms with Crippen molar-refractivity contribution in [1.29, 1.82) is 0 Å². The third kappa shape index (κ3) is 4.63. The summed E-state index contributed by atoms with van der Waals surface area (Å²) >= 11 is 5.88. The summed E-state index contributed by atoms with van der Waals surface area (Å²) < 4.78 is 42.6. The Morgan fingerprint density at radius 2 is 1.83 bits per heavy atom. The average Bonchev–Trinajstić information content (AvgIpc) is 2.47. The van der Waals surface area contributed by atoms with Gasteiger partial charge in [-0.05, 0) is 42.5 Å². The third-order valence-corrected chi connectivity index (χ3v) is 3.32.